The second-order valence-electron chi connectivity index (χ2n) is 7.57. The number of fused-ring (bicyclic) bond motifs is 1. The van der Waals surface area contributed by atoms with Gasteiger partial charge < -0.3 is 15.6 Å². The minimum absolute atomic E-state index is 0.0636. The maximum Gasteiger partial charge on any atom is 0.419 e. The minimum atomic E-state index is -4.70. The number of H-pyrrole nitrogens is 1. The predicted molar refractivity (Wildman–Crippen MR) is 115 cm³/mol. The SMILES string of the molecule is CCCC(CNCc1ccc(C(F)(F)F)c(F)c1)CNc1cc(=O)c2ccccc2[nH]1. The summed E-state index contributed by atoms with van der Waals surface area (Å²) in [6.07, 6.45) is -2.83. The molecule has 31 heavy (non-hydrogen) atoms. The van der Waals surface area contributed by atoms with E-state index in [2.05, 4.69) is 22.5 Å². The second kappa shape index (κ2) is 9.96. The van der Waals surface area contributed by atoms with Gasteiger partial charge in [0.2, 0.25) is 0 Å². The van der Waals surface area contributed by atoms with Crippen molar-refractivity contribution in [2.24, 2.45) is 5.92 Å². The van der Waals surface area contributed by atoms with Gasteiger partial charge in [-0.2, -0.15) is 13.2 Å². The van der Waals surface area contributed by atoms with Crippen LogP contribution in [0.25, 0.3) is 10.9 Å². The van der Waals surface area contributed by atoms with Crippen LogP contribution in [0.4, 0.5) is 23.4 Å². The zero-order chi connectivity index (χ0) is 22.4. The smallest absolute Gasteiger partial charge is 0.371 e. The first-order valence-corrected chi connectivity index (χ1v) is 10.2. The number of nitrogens with one attached hydrogen (secondary N) is 3. The molecule has 3 N–H and O–H groups in total. The Morgan fingerprint density at radius 2 is 1.84 bits per heavy atom. The van der Waals surface area contributed by atoms with Crippen molar-refractivity contribution >= 4 is 16.7 Å². The minimum Gasteiger partial charge on any atom is -0.371 e. The maximum atomic E-state index is 13.7. The zero-order valence-electron chi connectivity index (χ0n) is 17.2. The number of alkyl halides is 3. The second-order valence-corrected chi connectivity index (χ2v) is 7.57. The quantitative estimate of drug-likeness (QED) is 0.400. The van der Waals surface area contributed by atoms with Crippen LogP contribution in [0, 0.1) is 11.7 Å². The number of anilines is 1. The number of aromatic nitrogens is 1. The van der Waals surface area contributed by atoms with E-state index >= 15 is 0 Å². The number of aromatic amines is 1. The van der Waals surface area contributed by atoms with Gasteiger partial charge in [-0.1, -0.05) is 31.5 Å². The largest absolute Gasteiger partial charge is 0.419 e. The lowest BCUT2D eigenvalue weighted by Crippen LogP contribution is -2.28. The van der Waals surface area contributed by atoms with E-state index in [9.17, 15) is 22.4 Å². The third-order valence-electron chi connectivity index (χ3n) is 5.12. The summed E-state index contributed by atoms with van der Waals surface area (Å²) in [5, 5.41) is 7.08. The number of hydrogen-bond donors (Lipinski definition) is 3. The van der Waals surface area contributed by atoms with Gasteiger partial charge in [0, 0.05) is 24.5 Å². The molecule has 3 aromatic rings. The molecule has 0 aliphatic heterocycles. The fourth-order valence-corrected chi connectivity index (χ4v) is 3.55. The molecule has 0 amide bonds. The molecule has 8 heteroatoms. The first-order valence-electron chi connectivity index (χ1n) is 10.2. The Bertz CT molecular complexity index is 1080. The Kier molecular flexibility index (Phi) is 7.33. The van der Waals surface area contributed by atoms with E-state index < -0.39 is 17.6 Å². The molecule has 0 spiro atoms. The van der Waals surface area contributed by atoms with Gasteiger partial charge in [0.1, 0.15) is 11.6 Å². The molecule has 1 unspecified atom stereocenters. The summed E-state index contributed by atoms with van der Waals surface area (Å²) in [4.78, 5) is 15.4. The fourth-order valence-electron chi connectivity index (χ4n) is 3.55. The highest BCUT2D eigenvalue weighted by Gasteiger charge is 2.33. The van der Waals surface area contributed by atoms with Crippen LogP contribution in [-0.2, 0) is 12.7 Å². The van der Waals surface area contributed by atoms with E-state index in [1.165, 1.54) is 12.1 Å². The Labute approximate surface area is 177 Å². The lowest BCUT2D eigenvalue weighted by Gasteiger charge is -2.19. The highest BCUT2D eigenvalue weighted by molar-refractivity contribution is 5.79. The third-order valence-corrected chi connectivity index (χ3v) is 5.12. The van der Waals surface area contributed by atoms with Gasteiger partial charge >= 0.3 is 6.18 Å². The van der Waals surface area contributed by atoms with Crippen molar-refractivity contribution < 1.29 is 17.6 Å². The summed E-state index contributed by atoms with van der Waals surface area (Å²) in [6, 6.07) is 11.8. The number of hydrogen-bond acceptors (Lipinski definition) is 3. The van der Waals surface area contributed by atoms with Crippen molar-refractivity contribution in [1.29, 1.82) is 0 Å². The van der Waals surface area contributed by atoms with Gasteiger partial charge in [0.25, 0.3) is 0 Å². The molecule has 3 rings (SSSR count). The molecule has 0 bridgehead atoms. The molecule has 2 aromatic carbocycles. The van der Waals surface area contributed by atoms with Crippen LogP contribution in [0.3, 0.4) is 0 Å². The Hall–Kier alpha value is -2.87. The Balaban J connectivity index is 1.57. The van der Waals surface area contributed by atoms with Crippen LogP contribution in [0.2, 0.25) is 0 Å². The van der Waals surface area contributed by atoms with Crippen molar-refractivity contribution in [2.75, 3.05) is 18.4 Å². The van der Waals surface area contributed by atoms with Gasteiger partial charge in [-0.25, -0.2) is 4.39 Å². The van der Waals surface area contributed by atoms with Crippen molar-refractivity contribution in [1.82, 2.24) is 10.3 Å². The Morgan fingerprint density at radius 1 is 1.06 bits per heavy atom. The predicted octanol–water partition coefficient (Wildman–Crippen LogP) is 5.30. The van der Waals surface area contributed by atoms with Gasteiger partial charge in [-0.3, -0.25) is 4.79 Å². The van der Waals surface area contributed by atoms with Gasteiger partial charge in [0.05, 0.1) is 11.1 Å². The molecule has 166 valence electrons. The first-order chi connectivity index (χ1) is 14.8. The summed E-state index contributed by atoms with van der Waals surface area (Å²) >= 11 is 0. The topological polar surface area (TPSA) is 56.9 Å². The van der Waals surface area contributed by atoms with Crippen LogP contribution in [0.15, 0.2) is 53.3 Å². The van der Waals surface area contributed by atoms with Crippen LogP contribution in [-0.4, -0.2) is 18.1 Å². The average molecular weight is 435 g/mol. The van der Waals surface area contributed by atoms with Crippen molar-refractivity contribution in [2.45, 2.75) is 32.5 Å². The van der Waals surface area contributed by atoms with Gasteiger partial charge in [-0.15, -0.1) is 0 Å². The fraction of sp³-hybridized carbons (Fsp3) is 0.348. The number of rotatable bonds is 9. The van der Waals surface area contributed by atoms with E-state index in [1.54, 1.807) is 6.07 Å². The van der Waals surface area contributed by atoms with Crippen molar-refractivity contribution in [3.8, 4) is 0 Å². The molecule has 0 saturated heterocycles. The van der Waals surface area contributed by atoms with Gasteiger partial charge in [0.15, 0.2) is 5.43 Å². The summed E-state index contributed by atoms with van der Waals surface area (Å²) in [5.74, 6) is -0.410. The van der Waals surface area contributed by atoms with E-state index in [1.807, 2.05) is 18.2 Å². The highest BCUT2D eigenvalue weighted by atomic mass is 19.4. The average Bonchev–Trinajstić information content (AvgIpc) is 2.71. The molecule has 1 atom stereocenters. The maximum absolute atomic E-state index is 13.7. The molecule has 1 heterocycles. The monoisotopic (exact) mass is 435 g/mol. The molecular weight excluding hydrogens is 410 g/mol. The van der Waals surface area contributed by atoms with Crippen LogP contribution >= 0.6 is 0 Å². The zero-order valence-corrected chi connectivity index (χ0v) is 17.2. The molecule has 1 aromatic heterocycles. The molecule has 0 radical (unpaired) electrons. The van der Waals surface area contributed by atoms with Crippen LogP contribution < -0.4 is 16.1 Å². The highest BCUT2D eigenvalue weighted by Crippen LogP contribution is 2.31. The van der Waals surface area contributed by atoms with E-state index in [4.69, 9.17) is 0 Å². The molecule has 0 fully saturated rings. The number of pyridine rings is 1. The van der Waals surface area contributed by atoms with E-state index in [-0.39, 0.29) is 17.9 Å². The van der Waals surface area contributed by atoms with E-state index in [0.29, 0.717) is 29.9 Å². The summed E-state index contributed by atoms with van der Waals surface area (Å²) in [7, 11) is 0. The lowest BCUT2D eigenvalue weighted by atomic mass is 10.0. The first kappa shape index (κ1) is 22.8. The molecule has 0 saturated carbocycles. The summed E-state index contributed by atoms with van der Waals surface area (Å²) < 4.78 is 51.7. The van der Waals surface area contributed by atoms with Gasteiger partial charge in [-0.05, 0) is 48.7 Å². The lowest BCUT2D eigenvalue weighted by molar-refractivity contribution is -0.140. The summed E-state index contributed by atoms with van der Waals surface area (Å²) in [6.45, 7) is 3.54. The van der Waals surface area contributed by atoms with Crippen LogP contribution in [0.1, 0.15) is 30.9 Å². The van der Waals surface area contributed by atoms with Crippen molar-refractivity contribution in [3.05, 3.63) is 75.7 Å². The molecule has 0 aliphatic carbocycles. The number of benzene rings is 2. The standard InChI is InChI=1S/C23H25F4N3O/c1-2-5-16(13-28-12-15-8-9-18(19(24)10-15)23(25,26)27)14-29-22-11-21(31)17-6-3-4-7-20(17)30-22/h3-4,6-11,16,28H,2,5,12-14H2,1H3,(H2,29,30,31). The molecular formula is C23H25F4N3O. The van der Waals surface area contributed by atoms with E-state index in [0.717, 1.165) is 30.5 Å². The summed E-state index contributed by atoms with van der Waals surface area (Å²) in [5.41, 5.74) is -0.111. The third kappa shape index (κ3) is 6.07. The molecule has 4 nitrogen and oxygen atoms in total. The molecule has 0 aliphatic rings. The van der Waals surface area contributed by atoms with Crippen molar-refractivity contribution in [3.63, 3.8) is 0 Å². The Morgan fingerprint density at radius 3 is 2.55 bits per heavy atom. The number of halogens is 4. The normalized spacial score (nSPS) is 12.8. The number of para-hydroxylation sites is 1. The van der Waals surface area contributed by atoms with Crippen LogP contribution in [0.5, 0.6) is 0 Å².